The minimum Gasteiger partial charge on any atom is -0.390 e. The average Bonchev–Trinajstić information content (AvgIpc) is 2.79. The highest BCUT2D eigenvalue weighted by molar-refractivity contribution is 5.73. The number of fused-ring (bicyclic) bond motifs is 1. The van der Waals surface area contributed by atoms with Gasteiger partial charge in [-0.25, -0.2) is 8.78 Å². The van der Waals surface area contributed by atoms with Crippen LogP contribution in [0.5, 0.6) is 0 Å². The van der Waals surface area contributed by atoms with E-state index in [0.29, 0.717) is 5.56 Å². The van der Waals surface area contributed by atoms with E-state index in [9.17, 15) is 18.7 Å². The summed E-state index contributed by atoms with van der Waals surface area (Å²) in [6.07, 6.45) is 6.80. The smallest absolute Gasteiger partial charge is 0.217 e. The number of benzene rings is 2. The molecule has 34 heavy (non-hydrogen) atoms. The number of rotatable bonds is 11. The van der Waals surface area contributed by atoms with Gasteiger partial charge in [0.1, 0.15) is 11.6 Å². The van der Waals surface area contributed by atoms with Gasteiger partial charge in [-0.3, -0.25) is 4.79 Å². The van der Waals surface area contributed by atoms with Crippen molar-refractivity contribution in [3.63, 3.8) is 0 Å². The van der Waals surface area contributed by atoms with Gasteiger partial charge in [-0.1, -0.05) is 32.4 Å². The number of aryl methyl sites for hydroxylation is 2. The van der Waals surface area contributed by atoms with E-state index in [2.05, 4.69) is 36.6 Å². The van der Waals surface area contributed by atoms with Crippen LogP contribution in [-0.4, -0.2) is 29.7 Å². The first-order chi connectivity index (χ1) is 16.3. The van der Waals surface area contributed by atoms with Crippen LogP contribution in [0.3, 0.4) is 0 Å². The number of hydrogen-bond donors (Lipinski definition) is 3. The van der Waals surface area contributed by atoms with Crippen LogP contribution in [0.4, 0.5) is 8.78 Å². The number of nitrogens with one attached hydrogen (secondary N) is 2. The van der Waals surface area contributed by atoms with Gasteiger partial charge in [-0.15, -0.1) is 0 Å². The first-order valence-electron chi connectivity index (χ1n) is 12.6. The number of amides is 1. The second kappa shape index (κ2) is 12.4. The molecule has 0 bridgehead atoms. The van der Waals surface area contributed by atoms with Gasteiger partial charge in [0.05, 0.1) is 12.1 Å². The maximum absolute atomic E-state index is 13.6. The van der Waals surface area contributed by atoms with Crippen molar-refractivity contribution in [1.82, 2.24) is 10.6 Å². The Labute approximate surface area is 202 Å². The van der Waals surface area contributed by atoms with Crippen LogP contribution in [0.25, 0.3) is 0 Å². The Morgan fingerprint density at radius 3 is 2.50 bits per heavy atom. The van der Waals surface area contributed by atoms with E-state index in [4.69, 9.17) is 0 Å². The molecule has 0 saturated heterocycles. The first-order valence-corrected chi connectivity index (χ1v) is 12.6. The van der Waals surface area contributed by atoms with Crippen molar-refractivity contribution in [1.29, 1.82) is 0 Å². The minimum absolute atomic E-state index is 0.134. The Kier molecular flexibility index (Phi) is 9.60. The largest absolute Gasteiger partial charge is 0.390 e. The summed E-state index contributed by atoms with van der Waals surface area (Å²) in [5.74, 6) is -1.64. The summed E-state index contributed by atoms with van der Waals surface area (Å²) in [4.78, 5) is 11.8. The van der Waals surface area contributed by atoms with Gasteiger partial charge in [0, 0.05) is 25.6 Å². The fraction of sp³-hybridized carbons (Fsp3) is 0.536. The van der Waals surface area contributed by atoms with Crippen molar-refractivity contribution in [3.8, 4) is 0 Å². The Balaban J connectivity index is 1.74. The van der Waals surface area contributed by atoms with Crippen LogP contribution >= 0.6 is 0 Å². The van der Waals surface area contributed by atoms with Gasteiger partial charge >= 0.3 is 0 Å². The lowest BCUT2D eigenvalue weighted by Gasteiger charge is -2.31. The van der Waals surface area contributed by atoms with Gasteiger partial charge in [0.25, 0.3) is 0 Å². The van der Waals surface area contributed by atoms with Crippen molar-refractivity contribution < 1.29 is 18.7 Å². The predicted octanol–water partition coefficient (Wildman–Crippen LogP) is 4.95. The number of unbranched alkanes of at least 4 members (excludes halogenated alkanes) is 1. The molecule has 3 atom stereocenters. The number of carbonyl (C=O) groups is 1. The fourth-order valence-electron chi connectivity index (χ4n) is 5.02. The molecule has 6 heteroatoms. The number of halogens is 2. The number of aliphatic hydroxyl groups is 1. The van der Waals surface area contributed by atoms with Crippen LogP contribution in [0, 0.1) is 11.6 Å². The third kappa shape index (κ3) is 7.09. The van der Waals surface area contributed by atoms with E-state index in [1.807, 2.05) is 0 Å². The lowest BCUT2D eigenvalue weighted by atomic mass is 9.82. The molecule has 1 amide bonds. The molecule has 3 N–H and O–H groups in total. The Bertz CT molecular complexity index is 959. The minimum atomic E-state index is -0.908. The maximum atomic E-state index is 13.6. The van der Waals surface area contributed by atoms with Crippen molar-refractivity contribution in [2.45, 2.75) is 90.3 Å². The van der Waals surface area contributed by atoms with Gasteiger partial charge < -0.3 is 15.7 Å². The van der Waals surface area contributed by atoms with Gasteiger partial charge in [-0.2, -0.15) is 0 Å². The molecule has 186 valence electrons. The molecule has 0 aromatic heterocycles. The summed E-state index contributed by atoms with van der Waals surface area (Å²) in [6.45, 7) is 6.04. The molecule has 2 aromatic rings. The molecule has 1 aliphatic carbocycles. The van der Waals surface area contributed by atoms with Crippen molar-refractivity contribution in [2.75, 3.05) is 6.54 Å². The van der Waals surface area contributed by atoms with E-state index < -0.39 is 23.8 Å². The van der Waals surface area contributed by atoms with E-state index in [-0.39, 0.29) is 24.9 Å². The van der Waals surface area contributed by atoms with Crippen LogP contribution in [0.1, 0.15) is 80.3 Å². The summed E-state index contributed by atoms with van der Waals surface area (Å²) in [5, 5.41) is 17.2. The van der Waals surface area contributed by atoms with Crippen molar-refractivity contribution >= 4 is 5.91 Å². The molecular formula is C28H38F2N2O2. The molecule has 0 spiro atoms. The Morgan fingerprint density at radius 1 is 1.12 bits per heavy atom. The average molecular weight is 473 g/mol. The highest BCUT2D eigenvalue weighted by Crippen LogP contribution is 2.34. The second-order valence-corrected chi connectivity index (χ2v) is 9.49. The summed E-state index contributed by atoms with van der Waals surface area (Å²) >= 11 is 0. The third-order valence-corrected chi connectivity index (χ3v) is 6.74. The van der Waals surface area contributed by atoms with E-state index >= 15 is 0 Å². The zero-order valence-corrected chi connectivity index (χ0v) is 20.6. The maximum Gasteiger partial charge on any atom is 0.217 e. The molecule has 0 unspecified atom stereocenters. The number of hydrogen-bond acceptors (Lipinski definition) is 3. The highest BCUT2D eigenvalue weighted by atomic mass is 19.1. The third-order valence-electron chi connectivity index (χ3n) is 6.74. The molecular weight excluding hydrogens is 434 g/mol. The number of aliphatic hydroxyl groups excluding tert-OH is 1. The summed E-state index contributed by atoms with van der Waals surface area (Å²) < 4.78 is 27.3. The zero-order valence-electron chi connectivity index (χ0n) is 20.6. The van der Waals surface area contributed by atoms with Gasteiger partial charge in [0.2, 0.25) is 5.91 Å². The predicted molar refractivity (Wildman–Crippen MR) is 132 cm³/mol. The molecule has 0 saturated carbocycles. The highest BCUT2D eigenvalue weighted by Gasteiger charge is 2.26. The molecule has 1 aliphatic rings. The van der Waals surface area contributed by atoms with Crippen LogP contribution in [0.15, 0.2) is 30.3 Å². The lowest BCUT2D eigenvalue weighted by Crippen LogP contribution is -2.48. The molecule has 0 aliphatic heterocycles. The summed E-state index contributed by atoms with van der Waals surface area (Å²) in [7, 11) is 0. The van der Waals surface area contributed by atoms with E-state index in [0.717, 1.165) is 38.2 Å². The lowest BCUT2D eigenvalue weighted by molar-refractivity contribution is -0.120. The van der Waals surface area contributed by atoms with Gasteiger partial charge in [0.15, 0.2) is 0 Å². The SMILES string of the molecule is CCCCc1cc(CC)cc2c1CCC[C@@H]2NC[C@@H](O)[C@H](Cc1cc(F)cc(F)c1)NC(C)=O. The Morgan fingerprint density at radius 2 is 1.85 bits per heavy atom. The molecule has 0 radical (unpaired) electrons. The first kappa shape index (κ1) is 26.3. The van der Waals surface area contributed by atoms with Crippen LogP contribution in [0.2, 0.25) is 0 Å². The normalized spacial score (nSPS) is 17.2. The molecule has 0 fully saturated rings. The monoisotopic (exact) mass is 472 g/mol. The van der Waals surface area contributed by atoms with Crippen LogP contribution in [-0.2, 0) is 30.5 Å². The fourth-order valence-corrected chi connectivity index (χ4v) is 5.02. The van der Waals surface area contributed by atoms with Crippen LogP contribution < -0.4 is 10.6 Å². The standard InChI is InChI=1S/C28H38F2N2O2/c1-4-6-8-21-11-19(5-2)14-25-24(21)9-7-10-26(25)31-17-28(34)27(32-18(3)33)15-20-12-22(29)16-23(30)13-20/h11-14,16,26-28,31,34H,4-10,15,17H2,1-3H3,(H,32,33)/t26-,27-,28+/m0/s1. The summed E-state index contributed by atoms with van der Waals surface area (Å²) in [5.41, 5.74) is 5.95. The van der Waals surface area contributed by atoms with Crippen molar-refractivity contribution in [3.05, 3.63) is 69.8 Å². The van der Waals surface area contributed by atoms with E-state index in [1.165, 1.54) is 54.2 Å². The van der Waals surface area contributed by atoms with E-state index in [1.54, 1.807) is 0 Å². The molecule has 0 heterocycles. The molecule has 4 nitrogen and oxygen atoms in total. The molecule has 2 aromatic carbocycles. The van der Waals surface area contributed by atoms with Gasteiger partial charge in [-0.05, 0) is 84.9 Å². The quantitative estimate of drug-likeness (QED) is 0.434. The summed E-state index contributed by atoms with van der Waals surface area (Å²) in [6, 6.07) is 7.42. The zero-order chi connectivity index (χ0) is 24.7. The molecule has 3 rings (SSSR count). The second-order valence-electron chi connectivity index (χ2n) is 9.49. The van der Waals surface area contributed by atoms with Crippen molar-refractivity contribution in [2.24, 2.45) is 0 Å². The number of carbonyl (C=O) groups excluding carboxylic acids is 1. The Hall–Kier alpha value is -2.31. The topological polar surface area (TPSA) is 61.4 Å².